The fraction of sp³-hybridized carbons (Fsp3) is 0.500. The molecule has 0 aromatic carbocycles. The summed E-state index contributed by atoms with van der Waals surface area (Å²) >= 11 is 0. The molecule has 0 heterocycles. The van der Waals surface area contributed by atoms with Gasteiger partial charge in [0.1, 0.15) is 0 Å². The fourth-order valence-corrected chi connectivity index (χ4v) is 0.615. The summed E-state index contributed by atoms with van der Waals surface area (Å²) in [5, 5.41) is 0. The van der Waals surface area contributed by atoms with Crippen molar-refractivity contribution in [3.8, 4) is 0 Å². The summed E-state index contributed by atoms with van der Waals surface area (Å²) in [4.78, 5) is 0. The molecule has 0 unspecified atom stereocenters. The summed E-state index contributed by atoms with van der Waals surface area (Å²) < 4.78 is 23.4. The number of sulfonamides is 1. The fourth-order valence-electron chi connectivity index (χ4n) is 0.205. The molecule has 0 aliphatic heterocycles. The highest BCUT2D eigenvalue weighted by atomic mass is 32.2. The van der Waals surface area contributed by atoms with Crippen LogP contribution < -0.4 is 17.0 Å². The van der Waals surface area contributed by atoms with Gasteiger partial charge in [-0.25, -0.2) is 14.3 Å². The van der Waals surface area contributed by atoms with Crippen LogP contribution in [-0.4, -0.2) is 20.6 Å². The first-order valence-electron chi connectivity index (χ1n) is 1.98. The maximum Gasteiger partial charge on any atom is 0.253 e. The van der Waals surface area contributed by atoms with Crippen molar-refractivity contribution in [2.45, 2.75) is 0 Å². The van der Waals surface area contributed by atoms with Crippen LogP contribution in [0.1, 0.15) is 0 Å². The van der Waals surface area contributed by atoms with Gasteiger partial charge in [0, 0.05) is 0 Å². The Morgan fingerprint density at radius 3 is 2.22 bits per heavy atom. The third-order valence-electron chi connectivity index (χ3n) is 0.412. The summed E-state index contributed by atoms with van der Waals surface area (Å²) in [6.45, 7) is 0. The van der Waals surface area contributed by atoms with Gasteiger partial charge < -0.3 is 5.73 Å². The van der Waals surface area contributed by atoms with Crippen LogP contribution in [0.25, 0.3) is 0 Å². The number of nitrogens with one attached hydrogen (secondary N) is 1. The van der Waals surface area contributed by atoms with Gasteiger partial charge in [0.2, 0.25) is 5.96 Å². The number of rotatable bonds is 1. The van der Waals surface area contributed by atoms with E-state index in [0.29, 0.717) is 0 Å². The SMILES string of the molecule is CS(=O)(=O)/N=C(\N)NN. The minimum atomic E-state index is -3.41. The zero-order chi connectivity index (χ0) is 7.49. The Labute approximate surface area is 53.0 Å². The van der Waals surface area contributed by atoms with Crippen LogP contribution in [0.5, 0.6) is 0 Å². The standard InChI is InChI=1S/C2H8N4O2S/c1-9(7,8)6-2(3)5-4/h4H2,1H3,(H3,3,5,6). The number of nitrogens with two attached hydrogens (primary N) is 2. The number of hydrazine groups is 1. The van der Waals surface area contributed by atoms with E-state index in [9.17, 15) is 8.42 Å². The van der Waals surface area contributed by atoms with E-state index in [4.69, 9.17) is 11.6 Å². The molecule has 54 valence electrons. The second-order valence-corrected chi connectivity index (χ2v) is 3.00. The first kappa shape index (κ1) is 8.18. The molecule has 0 atom stereocenters. The molecule has 0 saturated heterocycles. The molecule has 0 aliphatic carbocycles. The third-order valence-corrected chi connectivity index (χ3v) is 0.940. The van der Waals surface area contributed by atoms with Crippen LogP contribution >= 0.6 is 0 Å². The van der Waals surface area contributed by atoms with Crippen LogP contribution in [0.4, 0.5) is 0 Å². The van der Waals surface area contributed by atoms with Crippen molar-refractivity contribution in [3.63, 3.8) is 0 Å². The van der Waals surface area contributed by atoms with E-state index in [2.05, 4.69) is 4.40 Å². The van der Waals surface area contributed by atoms with Gasteiger partial charge in [-0.05, 0) is 0 Å². The smallest absolute Gasteiger partial charge is 0.253 e. The molecule has 0 saturated carbocycles. The summed E-state index contributed by atoms with van der Waals surface area (Å²) in [6, 6.07) is 0. The molecular weight excluding hydrogens is 144 g/mol. The summed E-state index contributed by atoms with van der Waals surface area (Å²) in [7, 11) is -3.41. The first-order chi connectivity index (χ1) is 3.95. The highest BCUT2D eigenvalue weighted by Crippen LogP contribution is 1.80. The molecule has 7 heteroatoms. The molecule has 0 bridgehead atoms. The summed E-state index contributed by atoms with van der Waals surface area (Å²) in [5.74, 6) is 4.39. The molecule has 0 fully saturated rings. The highest BCUT2D eigenvalue weighted by Gasteiger charge is 1.96. The van der Waals surface area contributed by atoms with Crippen molar-refractivity contribution < 1.29 is 8.42 Å². The van der Waals surface area contributed by atoms with Crippen molar-refractivity contribution >= 4 is 16.0 Å². The van der Waals surface area contributed by atoms with Gasteiger partial charge in [-0.3, -0.25) is 5.43 Å². The molecular formula is C2H8N4O2S. The van der Waals surface area contributed by atoms with E-state index in [0.717, 1.165) is 6.26 Å². The molecule has 0 aromatic rings. The van der Waals surface area contributed by atoms with E-state index in [-0.39, 0.29) is 5.96 Å². The van der Waals surface area contributed by atoms with Crippen molar-refractivity contribution in [1.82, 2.24) is 5.43 Å². The van der Waals surface area contributed by atoms with E-state index in [1.807, 2.05) is 5.43 Å². The Hall–Kier alpha value is -0.820. The largest absolute Gasteiger partial charge is 0.368 e. The molecule has 0 radical (unpaired) electrons. The molecule has 0 rings (SSSR count). The average Bonchev–Trinajstić information content (AvgIpc) is 1.62. The lowest BCUT2D eigenvalue weighted by molar-refractivity contribution is 0.603. The summed E-state index contributed by atoms with van der Waals surface area (Å²) in [5.41, 5.74) is 6.76. The van der Waals surface area contributed by atoms with Crippen molar-refractivity contribution in [1.29, 1.82) is 0 Å². The number of hydrogen-bond donors (Lipinski definition) is 3. The van der Waals surface area contributed by atoms with E-state index < -0.39 is 10.0 Å². The predicted molar refractivity (Wildman–Crippen MR) is 33.8 cm³/mol. The Balaban J connectivity index is 4.32. The molecule has 5 N–H and O–H groups in total. The Bertz CT molecular complexity index is 205. The van der Waals surface area contributed by atoms with Crippen LogP contribution in [0.2, 0.25) is 0 Å². The lowest BCUT2D eigenvalue weighted by atomic mass is 11.1. The minimum Gasteiger partial charge on any atom is -0.368 e. The second-order valence-electron chi connectivity index (χ2n) is 1.35. The van der Waals surface area contributed by atoms with Gasteiger partial charge in [-0.2, -0.15) is 0 Å². The number of guanidine groups is 1. The lowest BCUT2D eigenvalue weighted by Crippen LogP contribution is -2.37. The monoisotopic (exact) mass is 152 g/mol. The molecule has 9 heavy (non-hydrogen) atoms. The summed E-state index contributed by atoms with van der Waals surface area (Å²) in [6.07, 6.45) is 0.914. The Morgan fingerprint density at radius 2 is 2.11 bits per heavy atom. The van der Waals surface area contributed by atoms with Gasteiger partial charge in [0.05, 0.1) is 6.26 Å². The van der Waals surface area contributed by atoms with Gasteiger partial charge in [0.15, 0.2) is 0 Å². The number of hydrogen-bond acceptors (Lipinski definition) is 3. The minimum absolute atomic E-state index is 0.322. The van der Waals surface area contributed by atoms with Crippen molar-refractivity contribution in [2.75, 3.05) is 6.26 Å². The van der Waals surface area contributed by atoms with Crippen LogP contribution in [0.3, 0.4) is 0 Å². The zero-order valence-electron chi connectivity index (χ0n) is 4.83. The Kier molecular flexibility index (Phi) is 2.41. The lowest BCUT2D eigenvalue weighted by Gasteiger charge is -1.93. The quantitative estimate of drug-likeness (QED) is 0.170. The predicted octanol–water partition coefficient (Wildman–Crippen LogP) is -2.28. The van der Waals surface area contributed by atoms with Gasteiger partial charge in [-0.15, -0.1) is 4.40 Å². The number of nitrogens with zero attached hydrogens (tertiary/aromatic N) is 1. The van der Waals surface area contributed by atoms with Gasteiger partial charge >= 0.3 is 0 Å². The second kappa shape index (κ2) is 2.65. The maximum absolute atomic E-state index is 10.2. The maximum atomic E-state index is 10.2. The van der Waals surface area contributed by atoms with Crippen LogP contribution in [0.15, 0.2) is 4.40 Å². The van der Waals surface area contributed by atoms with Crippen molar-refractivity contribution in [2.24, 2.45) is 16.0 Å². The first-order valence-corrected chi connectivity index (χ1v) is 3.82. The molecule has 0 aromatic heterocycles. The van der Waals surface area contributed by atoms with E-state index in [1.54, 1.807) is 0 Å². The normalized spacial score (nSPS) is 13.3. The van der Waals surface area contributed by atoms with E-state index >= 15 is 0 Å². The van der Waals surface area contributed by atoms with E-state index in [1.165, 1.54) is 0 Å². The molecule has 0 aliphatic rings. The topological polar surface area (TPSA) is 111 Å². The average molecular weight is 152 g/mol. The van der Waals surface area contributed by atoms with Gasteiger partial charge in [-0.1, -0.05) is 0 Å². The molecule has 0 spiro atoms. The molecule has 6 nitrogen and oxygen atoms in total. The van der Waals surface area contributed by atoms with Crippen LogP contribution in [0, 0.1) is 0 Å². The van der Waals surface area contributed by atoms with Crippen LogP contribution in [-0.2, 0) is 10.0 Å². The highest BCUT2D eigenvalue weighted by molar-refractivity contribution is 7.89. The third kappa shape index (κ3) is 5.04. The molecule has 0 amide bonds. The van der Waals surface area contributed by atoms with Crippen molar-refractivity contribution in [3.05, 3.63) is 0 Å². The zero-order valence-corrected chi connectivity index (χ0v) is 5.64. The van der Waals surface area contributed by atoms with Gasteiger partial charge in [0.25, 0.3) is 10.0 Å². The Morgan fingerprint density at radius 1 is 1.67 bits per heavy atom.